The van der Waals surface area contributed by atoms with E-state index >= 15 is 0 Å². The molecule has 3 N–H and O–H groups in total. The Hall–Kier alpha value is -2.45. The summed E-state index contributed by atoms with van der Waals surface area (Å²) in [5.74, 6) is 0.148. The average molecular weight is 363 g/mol. The fraction of sp³-hybridized carbons (Fsp3) is 0.294. The van der Waals surface area contributed by atoms with Crippen molar-refractivity contribution >= 4 is 27.2 Å². The number of hydrogen-bond acceptors (Lipinski definition) is 6. The molecule has 25 heavy (non-hydrogen) atoms. The van der Waals surface area contributed by atoms with Gasteiger partial charge in [0.2, 0.25) is 0 Å². The highest BCUT2D eigenvalue weighted by Gasteiger charge is 2.15. The Morgan fingerprint density at radius 1 is 0.960 bits per heavy atom. The number of rotatable bonds is 5. The number of nitrogens with one attached hydrogen (secondary N) is 1. The summed E-state index contributed by atoms with van der Waals surface area (Å²) in [6.07, 6.45) is 0. The van der Waals surface area contributed by atoms with Gasteiger partial charge in [-0.05, 0) is 56.5 Å². The molecule has 2 aromatic rings. The van der Waals surface area contributed by atoms with Crippen molar-refractivity contribution in [2.24, 2.45) is 10.2 Å². The molecule has 0 fully saturated rings. The van der Waals surface area contributed by atoms with E-state index in [1.54, 1.807) is 39.0 Å². The molecule has 0 radical (unpaired) electrons. The van der Waals surface area contributed by atoms with Crippen LogP contribution in [0.1, 0.15) is 23.6 Å². The zero-order chi connectivity index (χ0) is 18.8. The van der Waals surface area contributed by atoms with Gasteiger partial charge in [-0.25, -0.2) is 0 Å². The van der Waals surface area contributed by atoms with Crippen LogP contribution >= 0.6 is 0 Å². The molecule has 2 aromatic carbocycles. The number of hydrogen-bond donors (Lipinski definition) is 3. The quantitative estimate of drug-likeness (QED) is 0.538. The summed E-state index contributed by atoms with van der Waals surface area (Å²) in [5.41, 5.74) is 3.29. The summed E-state index contributed by atoms with van der Waals surface area (Å²) in [5, 5.41) is 21.2. The van der Waals surface area contributed by atoms with Gasteiger partial charge in [-0.15, -0.1) is 5.11 Å². The number of phenolic OH excluding ortho intramolecular Hbond substituents is 1. The van der Waals surface area contributed by atoms with Crippen LogP contribution in [-0.2, 0) is 10.1 Å². The minimum atomic E-state index is -4.33. The third-order valence-corrected chi connectivity index (χ3v) is 4.71. The second-order valence-electron chi connectivity index (χ2n) is 5.77. The van der Waals surface area contributed by atoms with E-state index in [0.717, 1.165) is 5.56 Å². The van der Waals surface area contributed by atoms with E-state index in [4.69, 9.17) is 0 Å². The van der Waals surface area contributed by atoms with Crippen LogP contribution in [0.5, 0.6) is 5.75 Å². The van der Waals surface area contributed by atoms with Crippen molar-refractivity contribution < 1.29 is 18.1 Å². The van der Waals surface area contributed by atoms with Gasteiger partial charge >= 0.3 is 0 Å². The van der Waals surface area contributed by atoms with Crippen LogP contribution in [0.15, 0.2) is 39.4 Å². The molecule has 0 saturated heterocycles. The zero-order valence-electron chi connectivity index (χ0n) is 14.5. The monoisotopic (exact) mass is 363 g/mol. The minimum Gasteiger partial charge on any atom is -0.508 e. The molecule has 0 aliphatic rings. The molecule has 0 spiro atoms. The van der Waals surface area contributed by atoms with Crippen LogP contribution in [0.4, 0.5) is 17.1 Å². The van der Waals surface area contributed by atoms with Crippen LogP contribution < -0.4 is 5.32 Å². The molecule has 0 amide bonds. The molecular formula is C17H21N3O4S. The summed E-state index contributed by atoms with van der Waals surface area (Å²) in [7, 11) is -4.33. The van der Waals surface area contributed by atoms with Gasteiger partial charge in [0.15, 0.2) is 0 Å². The van der Waals surface area contributed by atoms with Gasteiger partial charge in [-0.1, -0.05) is 6.07 Å². The Morgan fingerprint density at radius 2 is 1.60 bits per heavy atom. The van der Waals surface area contributed by atoms with E-state index in [-0.39, 0.29) is 10.6 Å². The van der Waals surface area contributed by atoms with E-state index in [2.05, 4.69) is 15.5 Å². The third-order valence-electron chi connectivity index (χ3n) is 3.72. The maximum absolute atomic E-state index is 11.5. The number of nitrogens with zero attached hydrogens (tertiary/aromatic N) is 2. The highest BCUT2D eigenvalue weighted by atomic mass is 32.2. The Kier molecular flexibility index (Phi) is 5.44. The molecule has 7 nitrogen and oxygen atoms in total. The van der Waals surface area contributed by atoms with Crippen LogP contribution in [0, 0.1) is 20.8 Å². The van der Waals surface area contributed by atoms with Gasteiger partial charge in [0.1, 0.15) is 11.4 Å². The van der Waals surface area contributed by atoms with Gasteiger partial charge < -0.3 is 10.4 Å². The lowest BCUT2D eigenvalue weighted by Gasteiger charge is -2.10. The molecule has 8 heteroatoms. The van der Waals surface area contributed by atoms with Crippen LogP contribution in [0.25, 0.3) is 0 Å². The predicted molar refractivity (Wildman–Crippen MR) is 96.9 cm³/mol. The van der Waals surface area contributed by atoms with Crippen LogP contribution in [0.2, 0.25) is 0 Å². The molecule has 0 bridgehead atoms. The molecule has 0 atom stereocenters. The first kappa shape index (κ1) is 18.9. The predicted octanol–water partition coefficient (Wildman–Crippen LogP) is 4.41. The normalized spacial score (nSPS) is 11.9. The first-order valence-electron chi connectivity index (χ1n) is 7.71. The standard InChI is InChI=1S/C17H21N3O4S/c1-5-18-14-8-16(21)11(3)7-15(14)20-19-13-9-17(25(22,23)24)12(4)6-10(13)2/h6-9,18,21H,5H2,1-4H3,(H,22,23,24). The largest absolute Gasteiger partial charge is 0.508 e. The molecule has 0 saturated carbocycles. The maximum atomic E-state index is 11.5. The van der Waals surface area contributed by atoms with Gasteiger partial charge in [-0.2, -0.15) is 13.5 Å². The number of phenols is 1. The second-order valence-corrected chi connectivity index (χ2v) is 7.16. The minimum absolute atomic E-state index is 0.148. The SMILES string of the molecule is CCNc1cc(O)c(C)cc1N=Nc1cc(S(=O)(=O)O)c(C)cc1C. The molecule has 0 aromatic heterocycles. The fourth-order valence-electron chi connectivity index (χ4n) is 2.41. The van der Waals surface area contributed by atoms with Crippen molar-refractivity contribution in [1.82, 2.24) is 0 Å². The van der Waals surface area contributed by atoms with Crippen molar-refractivity contribution in [2.45, 2.75) is 32.6 Å². The van der Waals surface area contributed by atoms with Crippen molar-refractivity contribution in [3.63, 3.8) is 0 Å². The highest BCUT2D eigenvalue weighted by molar-refractivity contribution is 7.85. The summed E-state index contributed by atoms with van der Waals surface area (Å²) in [4.78, 5) is -0.194. The fourth-order valence-corrected chi connectivity index (χ4v) is 3.14. The van der Waals surface area contributed by atoms with Gasteiger partial charge in [-0.3, -0.25) is 4.55 Å². The molecule has 0 aliphatic heterocycles. The first-order chi connectivity index (χ1) is 11.6. The first-order valence-corrected chi connectivity index (χ1v) is 9.15. The Labute approximate surface area is 147 Å². The number of aryl methyl sites for hydroxylation is 3. The van der Waals surface area contributed by atoms with Crippen molar-refractivity contribution in [1.29, 1.82) is 0 Å². The topological polar surface area (TPSA) is 111 Å². The van der Waals surface area contributed by atoms with Gasteiger partial charge in [0.05, 0.1) is 16.3 Å². The maximum Gasteiger partial charge on any atom is 0.294 e. The molecular weight excluding hydrogens is 342 g/mol. The van der Waals surface area contributed by atoms with E-state index in [1.807, 2.05) is 6.92 Å². The molecule has 0 aliphatic carbocycles. The molecule has 0 unspecified atom stereocenters. The summed E-state index contributed by atoms with van der Waals surface area (Å²) < 4.78 is 32.2. The summed E-state index contributed by atoms with van der Waals surface area (Å²) in [6, 6.07) is 6.18. The summed E-state index contributed by atoms with van der Waals surface area (Å²) >= 11 is 0. The molecule has 134 valence electrons. The van der Waals surface area contributed by atoms with Crippen molar-refractivity contribution in [3.8, 4) is 5.75 Å². The van der Waals surface area contributed by atoms with E-state index in [9.17, 15) is 18.1 Å². The second kappa shape index (κ2) is 7.20. The number of anilines is 1. The highest BCUT2D eigenvalue weighted by Crippen LogP contribution is 2.34. The Morgan fingerprint density at radius 3 is 2.20 bits per heavy atom. The lowest BCUT2D eigenvalue weighted by Crippen LogP contribution is -2.01. The van der Waals surface area contributed by atoms with Gasteiger partial charge in [0, 0.05) is 12.6 Å². The lowest BCUT2D eigenvalue weighted by atomic mass is 10.1. The van der Waals surface area contributed by atoms with Crippen molar-refractivity contribution in [3.05, 3.63) is 41.0 Å². The van der Waals surface area contributed by atoms with Crippen LogP contribution in [0.3, 0.4) is 0 Å². The number of benzene rings is 2. The van der Waals surface area contributed by atoms with Crippen molar-refractivity contribution in [2.75, 3.05) is 11.9 Å². The van der Waals surface area contributed by atoms with E-state index in [0.29, 0.717) is 34.7 Å². The smallest absolute Gasteiger partial charge is 0.294 e. The number of azo groups is 1. The van der Waals surface area contributed by atoms with Crippen LogP contribution in [-0.4, -0.2) is 24.6 Å². The van der Waals surface area contributed by atoms with E-state index < -0.39 is 10.1 Å². The number of aromatic hydroxyl groups is 1. The zero-order valence-corrected chi connectivity index (χ0v) is 15.3. The Bertz CT molecular complexity index is 937. The average Bonchev–Trinajstić information content (AvgIpc) is 2.49. The van der Waals surface area contributed by atoms with Gasteiger partial charge in [0.25, 0.3) is 10.1 Å². The lowest BCUT2D eigenvalue weighted by molar-refractivity contribution is 0.471. The third kappa shape index (κ3) is 4.34. The summed E-state index contributed by atoms with van der Waals surface area (Å²) in [6.45, 7) is 7.69. The Balaban J connectivity index is 2.51. The van der Waals surface area contributed by atoms with E-state index in [1.165, 1.54) is 6.07 Å². The molecule has 0 heterocycles. The molecule has 2 rings (SSSR count).